The van der Waals surface area contributed by atoms with E-state index in [-0.39, 0.29) is 43.1 Å². The van der Waals surface area contributed by atoms with Crippen LogP contribution < -0.4 is 0 Å². The molecule has 0 aliphatic carbocycles. The van der Waals surface area contributed by atoms with Crippen LogP contribution in [0.3, 0.4) is 0 Å². The number of hydrogen-bond acceptors (Lipinski definition) is 5. The Balaban J connectivity index is 1.64. The lowest BCUT2D eigenvalue weighted by atomic mass is 10.1. The number of amides is 2. The highest BCUT2D eigenvalue weighted by Gasteiger charge is 2.31. The van der Waals surface area contributed by atoms with Gasteiger partial charge in [0.15, 0.2) is 5.78 Å². The van der Waals surface area contributed by atoms with E-state index in [9.17, 15) is 14.4 Å². The molecule has 0 spiro atoms. The largest absolute Gasteiger partial charge is 0.370 e. The summed E-state index contributed by atoms with van der Waals surface area (Å²) in [5.74, 6) is -0.0625. The number of hydrogen-bond donors (Lipinski definition) is 0. The number of carbonyl (C=O) groups excluding carboxylic acids is 3. The maximum Gasteiger partial charge on any atom is 0.242 e. The Morgan fingerprint density at radius 1 is 1.09 bits per heavy atom. The average molecular weight is 438 g/mol. The Bertz CT molecular complexity index is 902. The molecule has 1 aromatic heterocycles. The van der Waals surface area contributed by atoms with Crippen LogP contribution >= 0.6 is 0 Å². The first-order valence-corrected chi connectivity index (χ1v) is 11.1. The third kappa shape index (κ3) is 6.99. The summed E-state index contributed by atoms with van der Waals surface area (Å²) >= 11 is 0. The maximum atomic E-state index is 12.9. The normalized spacial score (nSPS) is 16.8. The zero-order valence-electron chi connectivity index (χ0n) is 18.8. The molecule has 1 fully saturated rings. The van der Waals surface area contributed by atoms with E-state index in [2.05, 4.69) is 18.8 Å². The van der Waals surface area contributed by atoms with Crippen molar-refractivity contribution in [3.05, 3.63) is 66.0 Å². The molecule has 3 rings (SSSR count). The van der Waals surface area contributed by atoms with Crippen molar-refractivity contribution in [2.24, 2.45) is 5.92 Å². The Kier molecular flexibility index (Phi) is 8.50. The standard InChI is InChI=1S/C25H31N3O4/c1-19(2)14-27-15-22(32-18-20-7-6-12-26-13-20)16-28(17-25(27)31)24(30)11-10-23(29)21-8-4-3-5-9-21/h3-9,12-13,19,22H,10-11,14-18H2,1-2H3/t22-/m1/s1. The highest BCUT2D eigenvalue weighted by molar-refractivity contribution is 5.98. The van der Waals surface area contributed by atoms with Gasteiger partial charge in [-0.15, -0.1) is 0 Å². The predicted octanol–water partition coefficient (Wildman–Crippen LogP) is 2.96. The number of ketones is 1. The summed E-state index contributed by atoms with van der Waals surface area (Å²) in [5, 5.41) is 0. The highest BCUT2D eigenvalue weighted by Crippen LogP contribution is 2.15. The number of ether oxygens (including phenoxy) is 1. The number of carbonyl (C=O) groups is 3. The van der Waals surface area contributed by atoms with E-state index in [0.717, 1.165) is 5.56 Å². The zero-order valence-corrected chi connectivity index (χ0v) is 18.8. The minimum absolute atomic E-state index is 0.0117. The molecule has 0 radical (unpaired) electrons. The molecular weight excluding hydrogens is 406 g/mol. The fourth-order valence-corrected chi connectivity index (χ4v) is 3.74. The molecule has 0 bridgehead atoms. The monoisotopic (exact) mass is 437 g/mol. The predicted molar refractivity (Wildman–Crippen MR) is 121 cm³/mol. The lowest BCUT2D eigenvalue weighted by Gasteiger charge is -2.26. The number of benzene rings is 1. The van der Waals surface area contributed by atoms with Gasteiger partial charge in [0, 0.05) is 50.4 Å². The van der Waals surface area contributed by atoms with E-state index in [1.807, 2.05) is 18.2 Å². The van der Waals surface area contributed by atoms with Gasteiger partial charge in [0.05, 0.1) is 19.3 Å². The second kappa shape index (κ2) is 11.5. The molecule has 0 saturated carbocycles. The Labute approximate surface area is 189 Å². The molecule has 1 aliphatic heterocycles. The molecule has 170 valence electrons. The smallest absolute Gasteiger partial charge is 0.242 e. The molecule has 32 heavy (non-hydrogen) atoms. The molecule has 1 aliphatic rings. The molecule has 2 aromatic rings. The van der Waals surface area contributed by atoms with Gasteiger partial charge in [0.1, 0.15) is 0 Å². The van der Waals surface area contributed by atoms with Crippen molar-refractivity contribution in [1.29, 1.82) is 0 Å². The Morgan fingerprint density at radius 2 is 1.88 bits per heavy atom. The number of rotatable bonds is 9. The van der Waals surface area contributed by atoms with Crippen LogP contribution in [0.4, 0.5) is 0 Å². The number of Topliss-reactive ketones (excluding diaryl/α,β-unsaturated/α-hetero) is 1. The van der Waals surface area contributed by atoms with Gasteiger partial charge in [0.2, 0.25) is 11.8 Å². The van der Waals surface area contributed by atoms with Gasteiger partial charge in [-0.1, -0.05) is 50.2 Å². The molecule has 1 aromatic carbocycles. The minimum atomic E-state index is -0.311. The molecule has 2 heterocycles. The molecule has 7 heteroatoms. The van der Waals surface area contributed by atoms with Crippen LogP contribution in [0, 0.1) is 5.92 Å². The van der Waals surface area contributed by atoms with Crippen molar-refractivity contribution in [2.45, 2.75) is 39.4 Å². The fourth-order valence-electron chi connectivity index (χ4n) is 3.74. The molecule has 0 unspecified atom stereocenters. The van der Waals surface area contributed by atoms with Gasteiger partial charge < -0.3 is 14.5 Å². The summed E-state index contributed by atoms with van der Waals surface area (Å²) in [7, 11) is 0. The lowest BCUT2D eigenvalue weighted by Crippen LogP contribution is -2.40. The van der Waals surface area contributed by atoms with E-state index in [1.165, 1.54) is 4.90 Å². The lowest BCUT2D eigenvalue weighted by molar-refractivity contribution is -0.139. The van der Waals surface area contributed by atoms with Gasteiger partial charge in [-0.3, -0.25) is 19.4 Å². The summed E-state index contributed by atoms with van der Waals surface area (Å²) in [6.45, 7) is 5.85. The summed E-state index contributed by atoms with van der Waals surface area (Å²) in [6.07, 6.45) is 3.32. The van der Waals surface area contributed by atoms with Crippen LogP contribution in [0.2, 0.25) is 0 Å². The topological polar surface area (TPSA) is 79.8 Å². The maximum absolute atomic E-state index is 12.9. The Morgan fingerprint density at radius 3 is 2.56 bits per heavy atom. The molecular formula is C25H31N3O4. The van der Waals surface area contributed by atoms with Gasteiger partial charge in [-0.2, -0.15) is 0 Å². The first kappa shape index (κ1) is 23.6. The quantitative estimate of drug-likeness (QED) is 0.564. The SMILES string of the molecule is CC(C)CN1C[C@@H](OCc2cccnc2)CN(C(=O)CCC(=O)c2ccccc2)CC1=O. The van der Waals surface area contributed by atoms with Crippen LogP contribution in [0.25, 0.3) is 0 Å². The van der Waals surface area contributed by atoms with Crippen molar-refractivity contribution in [2.75, 3.05) is 26.2 Å². The average Bonchev–Trinajstić information content (AvgIpc) is 2.95. The van der Waals surface area contributed by atoms with Crippen LogP contribution in [0.5, 0.6) is 0 Å². The van der Waals surface area contributed by atoms with E-state index in [0.29, 0.717) is 37.7 Å². The van der Waals surface area contributed by atoms with Crippen LogP contribution in [0.1, 0.15) is 42.6 Å². The van der Waals surface area contributed by atoms with Crippen molar-refractivity contribution in [3.63, 3.8) is 0 Å². The number of aromatic nitrogens is 1. The first-order valence-electron chi connectivity index (χ1n) is 11.1. The first-order chi connectivity index (χ1) is 15.4. The van der Waals surface area contributed by atoms with Crippen molar-refractivity contribution >= 4 is 17.6 Å². The summed E-state index contributed by atoms with van der Waals surface area (Å²) in [5.41, 5.74) is 1.53. The molecule has 1 saturated heterocycles. The molecule has 1 atom stereocenters. The van der Waals surface area contributed by atoms with E-state index >= 15 is 0 Å². The molecule has 7 nitrogen and oxygen atoms in total. The highest BCUT2D eigenvalue weighted by atomic mass is 16.5. The summed E-state index contributed by atoms with van der Waals surface area (Å²) in [4.78, 5) is 45.6. The second-order valence-electron chi connectivity index (χ2n) is 8.55. The van der Waals surface area contributed by atoms with Gasteiger partial charge in [-0.25, -0.2) is 0 Å². The summed E-state index contributed by atoms with van der Waals surface area (Å²) < 4.78 is 6.09. The van der Waals surface area contributed by atoms with E-state index in [1.54, 1.807) is 41.6 Å². The minimum Gasteiger partial charge on any atom is -0.370 e. The van der Waals surface area contributed by atoms with Gasteiger partial charge in [-0.05, 0) is 17.5 Å². The zero-order chi connectivity index (χ0) is 22.9. The molecule has 0 N–H and O–H groups in total. The van der Waals surface area contributed by atoms with E-state index < -0.39 is 0 Å². The fraction of sp³-hybridized carbons (Fsp3) is 0.440. The molecule has 2 amide bonds. The van der Waals surface area contributed by atoms with Gasteiger partial charge >= 0.3 is 0 Å². The Hall–Kier alpha value is -3.06. The number of pyridine rings is 1. The van der Waals surface area contributed by atoms with Crippen LogP contribution in [0.15, 0.2) is 54.9 Å². The van der Waals surface area contributed by atoms with E-state index in [4.69, 9.17) is 4.74 Å². The third-order valence-electron chi connectivity index (χ3n) is 5.34. The van der Waals surface area contributed by atoms with Crippen molar-refractivity contribution in [3.8, 4) is 0 Å². The van der Waals surface area contributed by atoms with Crippen LogP contribution in [-0.4, -0.2) is 64.7 Å². The van der Waals surface area contributed by atoms with Crippen molar-refractivity contribution < 1.29 is 19.1 Å². The van der Waals surface area contributed by atoms with Crippen LogP contribution in [-0.2, 0) is 20.9 Å². The number of nitrogens with zero attached hydrogens (tertiary/aromatic N) is 3. The summed E-state index contributed by atoms with van der Waals surface area (Å²) in [6, 6.07) is 12.7. The third-order valence-corrected chi connectivity index (χ3v) is 5.34. The second-order valence-corrected chi connectivity index (χ2v) is 8.55. The van der Waals surface area contributed by atoms with Gasteiger partial charge in [0.25, 0.3) is 0 Å². The van der Waals surface area contributed by atoms with Crippen molar-refractivity contribution in [1.82, 2.24) is 14.8 Å².